The van der Waals surface area contributed by atoms with E-state index in [1.54, 1.807) is 10.7 Å². The van der Waals surface area contributed by atoms with E-state index in [1.165, 1.54) is 33.5 Å². The molecular formula is C38H51GeIrN2O2-. The van der Waals surface area contributed by atoms with Crippen molar-refractivity contribution >= 4 is 45.1 Å². The molecule has 0 aliphatic rings. The van der Waals surface area contributed by atoms with Gasteiger partial charge < -0.3 is 5.11 Å². The predicted octanol–water partition coefficient (Wildman–Crippen LogP) is 9.80. The molecule has 1 aromatic heterocycles. The molecule has 0 amide bonds. The minimum absolute atomic E-state index is 0. The van der Waals surface area contributed by atoms with Crippen LogP contribution < -0.4 is 4.40 Å². The zero-order valence-corrected chi connectivity index (χ0v) is 33.7. The van der Waals surface area contributed by atoms with Crippen LogP contribution >= 0.6 is 0 Å². The fraction of sp³-hybridized carbons (Fsp3) is 0.447. The van der Waals surface area contributed by atoms with Crippen LogP contribution in [-0.2, 0) is 30.3 Å². The second-order valence-electron chi connectivity index (χ2n) is 15.9. The van der Waals surface area contributed by atoms with E-state index in [-0.39, 0.29) is 42.5 Å². The Bertz CT molecular complexity index is 1700. The number of aliphatic hydroxyl groups excluding tert-OH is 1. The van der Waals surface area contributed by atoms with Gasteiger partial charge in [0.2, 0.25) is 0 Å². The molecule has 4 rings (SSSR count). The maximum Gasteiger partial charge on any atom is 0 e. The number of hydrogen-bond donors (Lipinski definition) is 1. The van der Waals surface area contributed by atoms with Crippen molar-refractivity contribution in [3.63, 3.8) is 0 Å². The molecule has 0 bridgehead atoms. The third-order valence-electron chi connectivity index (χ3n) is 7.80. The van der Waals surface area contributed by atoms with Crippen molar-refractivity contribution in [1.82, 2.24) is 9.97 Å². The van der Waals surface area contributed by atoms with Crippen LogP contribution in [-0.4, -0.2) is 34.1 Å². The van der Waals surface area contributed by atoms with Crippen molar-refractivity contribution in [3.05, 3.63) is 77.3 Å². The Labute approximate surface area is 281 Å². The smallest absolute Gasteiger partial charge is 0 e. The number of rotatable bonds is 3. The van der Waals surface area contributed by atoms with E-state index in [0.717, 1.165) is 22.2 Å². The van der Waals surface area contributed by atoms with Crippen LogP contribution in [0, 0.1) is 30.7 Å². The molecule has 0 saturated heterocycles. The summed E-state index contributed by atoms with van der Waals surface area (Å²) < 4.78 is 1.59. The van der Waals surface area contributed by atoms with Gasteiger partial charge in [0, 0.05) is 37.0 Å². The molecule has 1 N–H and O–H groups in total. The van der Waals surface area contributed by atoms with Crippen LogP contribution in [0.2, 0.25) is 17.3 Å². The second-order valence-corrected chi connectivity index (χ2v) is 26.4. The molecule has 239 valence electrons. The van der Waals surface area contributed by atoms with Gasteiger partial charge in [-0.15, -0.1) is 0 Å². The molecule has 6 heteroatoms. The Morgan fingerprint density at radius 3 is 2.02 bits per heavy atom. The van der Waals surface area contributed by atoms with Gasteiger partial charge in [-0.05, 0) is 0 Å². The normalized spacial score (nSPS) is 12.9. The summed E-state index contributed by atoms with van der Waals surface area (Å²) >= 11 is -2.03. The fourth-order valence-electron chi connectivity index (χ4n) is 5.38. The van der Waals surface area contributed by atoms with E-state index in [0.29, 0.717) is 0 Å². The van der Waals surface area contributed by atoms with Gasteiger partial charge in [0.1, 0.15) is 5.76 Å². The first kappa shape index (κ1) is 37.8. The molecule has 44 heavy (non-hydrogen) atoms. The molecule has 0 saturated carbocycles. The number of hydrogen-bond acceptors (Lipinski definition) is 4. The van der Waals surface area contributed by atoms with Gasteiger partial charge in [0.15, 0.2) is 5.78 Å². The Hall–Kier alpha value is -2.34. The Balaban J connectivity index is 0.000000412. The molecular weight excluding hydrogens is 781 g/mol. The maximum atomic E-state index is 11.5. The zero-order valence-electron chi connectivity index (χ0n) is 29.2. The molecule has 0 aliphatic carbocycles. The number of aliphatic hydroxyl groups is 1. The van der Waals surface area contributed by atoms with Crippen LogP contribution in [0.15, 0.2) is 54.6 Å². The Morgan fingerprint density at radius 2 is 1.50 bits per heavy atom. The molecule has 1 heterocycles. The van der Waals surface area contributed by atoms with E-state index in [9.17, 15) is 9.90 Å². The summed E-state index contributed by atoms with van der Waals surface area (Å²) in [6, 6.07) is 16.6. The third kappa shape index (κ3) is 8.68. The van der Waals surface area contributed by atoms with Crippen LogP contribution in [0.25, 0.3) is 32.9 Å². The van der Waals surface area contributed by atoms with E-state index < -0.39 is 18.7 Å². The van der Waals surface area contributed by atoms with Crippen molar-refractivity contribution in [2.24, 2.45) is 10.8 Å². The first-order valence-electron chi connectivity index (χ1n) is 15.2. The molecule has 0 fully saturated rings. The number of aryl methyl sites for hydroxylation is 2. The van der Waals surface area contributed by atoms with Crippen LogP contribution in [0.3, 0.4) is 0 Å². The summed E-state index contributed by atoms with van der Waals surface area (Å²) in [6.45, 7) is 22.4. The largest absolute Gasteiger partial charge is 0 e. The first-order valence-corrected chi connectivity index (χ1v) is 22.5. The fourth-order valence-corrected chi connectivity index (χ4v) is 10.6. The molecule has 1 radical (unpaired) electrons. The van der Waals surface area contributed by atoms with E-state index in [1.807, 2.05) is 47.6 Å². The second kappa shape index (κ2) is 13.6. The minimum Gasteiger partial charge on any atom is 0 e. The van der Waals surface area contributed by atoms with Gasteiger partial charge in [-0.3, -0.25) is 4.79 Å². The molecule has 0 unspecified atom stereocenters. The summed E-state index contributed by atoms with van der Waals surface area (Å²) in [4.78, 5) is 21.0. The van der Waals surface area contributed by atoms with Crippen LogP contribution in [0.4, 0.5) is 0 Å². The van der Waals surface area contributed by atoms with Gasteiger partial charge >= 0.3 is 183 Å². The summed E-state index contributed by atoms with van der Waals surface area (Å²) in [7, 11) is 0. The number of benzene rings is 3. The summed E-state index contributed by atoms with van der Waals surface area (Å²) in [5.41, 5.74) is 6.49. The van der Waals surface area contributed by atoms with E-state index in [4.69, 9.17) is 9.97 Å². The molecule has 0 atom stereocenters. The van der Waals surface area contributed by atoms with Crippen molar-refractivity contribution in [3.8, 4) is 11.3 Å². The minimum atomic E-state index is -2.03. The van der Waals surface area contributed by atoms with Crippen molar-refractivity contribution in [1.29, 1.82) is 0 Å². The number of carbonyl (C=O) groups excluding carboxylic acids is 1. The molecule has 4 nitrogen and oxygen atoms in total. The van der Waals surface area contributed by atoms with Gasteiger partial charge in [-0.2, -0.15) is 0 Å². The quantitative estimate of drug-likeness (QED) is 0.0735. The Morgan fingerprint density at radius 1 is 0.886 bits per heavy atom. The molecule has 3 aromatic carbocycles. The Kier molecular flexibility index (Phi) is 11.7. The van der Waals surface area contributed by atoms with Gasteiger partial charge in [0.25, 0.3) is 0 Å². The van der Waals surface area contributed by atoms with Crippen molar-refractivity contribution in [2.45, 2.75) is 98.8 Å². The average molecular weight is 833 g/mol. The number of aromatic nitrogens is 2. The standard InChI is InChI=1S/C27H31GeN2.C11H20O2.Ir/c1-17-14-19-12-13-22-25(20-10-9-11-21(15-20)27(3,4)5)29-16-30-26(22)23(19)18(2)24(17)28(6,7)8;1-10(2,3)8(12)7-9(13)11(4,5)6;/h9,11-16H,1-8H3;7,12H,1-6H3;/q-1;;/b;8-7-;. The SMILES string of the molecule is CC(C)(C)C(=O)/C=C(\O)C(C)(C)C.Cc1cc2ccc3c(-c4[c-]ccc(C(C)(C)C)c4)ncnc3c2c(C)[c]1[Ge]([CH3])([CH3])[CH3].[Ir]. The van der Waals surface area contributed by atoms with Gasteiger partial charge in [-0.25, -0.2) is 0 Å². The number of allylic oxidation sites excluding steroid dienone is 2. The molecule has 0 spiro atoms. The summed E-state index contributed by atoms with van der Waals surface area (Å²) in [6.07, 6.45) is 3.05. The summed E-state index contributed by atoms with van der Waals surface area (Å²) in [5.74, 6) is 7.52. The number of carbonyl (C=O) groups is 1. The van der Waals surface area contributed by atoms with E-state index in [2.05, 4.69) is 88.3 Å². The van der Waals surface area contributed by atoms with Crippen LogP contribution in [0.5, 0.6) is 0 Å². The topological polar surface area (TPSA) is 63.1 Å². The van der Waals surface area contributed by atoms with Gasteiger partial charge in [0.05, 0.1) is 0 Å². The van der Waals surface area contributed by atoms with Crippen LogP contribution in [0.1, 0.15) is 79.0 Å². The first-order chi connectivity index (χ1) is 19.5. The molecule has 0 aliphatic heterocycles. The average Bonchev–Trinajstić information content (AvgIpc) is 2.85. The van der Waals surface area contributed by atoms with Gasteiger partial charge in [-0.1, -0.05) is 41.5 Å². The number of fused-ring (bicyclic) bond motifs is 3. The number of ketones is 1. The summed E-state index contributed by atoms with van der Waals surface area (Å²) in [5, 5.41) is 13.2. The zero-order chi connectivity index (χ0) is 32.7. The van der Waals surface area contributed by atoms with Crippen molar-refractivity contribution in [2.75, 3.05) is 0 Å². The predicted molar refractivity (Wildman–Crippen MR) is 187 cm³/mol. The maximum absolute atomic E-state index is 11.5. The van der Waals surface area contributed by atoms with E-state index >= 15 is 0 Å². The molecule has 4 aromatic rings. The number of nitrogens with zero attached hydrogens (tertiary/aromatic N) is 2. The third-order valence-corrected chi connectivity index (χ3v) is 12.6. The monoisotopic (exact) mass is 834 g/mol. The van der Waals surface area contributed by atoms with Crippen molar-refractivity contribution < 1.29 is 30.0 Å².